The Morgan fingerprint density at radius 2 is 1.56 bits per heavy atom. The van der Waals surface area contributed by atoms with Gasteiger partial charge in [0.25, 0.3) is 5.60 Å². The van der Waals surface area contributed by atoms with Crippen molar-refractivity contribution in [2.75, 3.05) is 10.7 Å². The second kappa shape index (κ2) is 9.64. The number of hydrogen-bond donors (Lipinski definition) is 1. The standard InChI is InChI=1S/C25H18ClF6NO2S/c26-18-9-5-4-8-17(18)20-14-36-21-13-16(23(35,24(27,28)29)25(30,31)32)10-11-19(21)33(20)22(34)12-15-6-2-1-3-7-15/h1-11,13,20,35H,12,14H2. The predicted molar refractivity (Wildman–Crippen MR) is 125 cm³/mol. The first-order valence-electron chi connectivity index (χ1n) is 10.6. The Labute approximate surface area is 211 Å². The van der Waals surface area contributed by atoms with Crippen LogP contribution in [0.15, 0.2) is 77.7 Å². The van der Waals surface area contributed by atoms with Crippen LogP contribution in [0.2, 0.25) is 5.02 Å². The van der Waals surface area contributed by atoms with E-state index in [1.54, 1.807) is 54.6 Å². The number of rotatable bonds is 4. The number of carbonyl (C=O) groups excluding carboxylic acids is 1. The van der Waals surface area contributed by atoms with Crippen molar-refractivity contribution in [3.63, 3.8) is 0 Å². The molecule has 0 saturated carbocycles. The first-order chi connectivity index (χ1) is 16.8. The lowest BCUT2D eigenvalue weighted by Gasteiger charge is -2.39. The van der Waals surface area contributed by atoms with Crippen LogP contribution in [0.3, 0.4) is 0 Å². The number of benzene rings is 3. The number of fused-ring (bicyclic) bond motifs is 1. The Kier molecular flexibility index (Phi) is 7.07. The lowest BCUT2D eigenvalue weighted by atomic mass is 9.91. The van der Waals surface area contributed by atoms with E-state index in [1.807, 2.05) is 0 Å². The zero-order chi connectivity index (χ0) is 26.3. The van der Waals surface area contributed by atoms with Gasteiger partial charge in [0.05, 0.1) is 18.2 Å². The molecule has 11 heteroatoms. The van der Waals surface area contributed by atoms with Crippen molar-refractivity contribution in [3.05, 3.63) is 94.5 Å². The smallest absolute Gasteiger partial charge is 0.369 e. The summed E-state index contributed by atoms with van der Waals surface area (Å²) in [5.74, 6) is -0.292. The summed E-state index contributed by atoms with van der Waals surface area (Å²) in [6.07, 6.45) is -12.1. The van der Waals surface area contributed by atoms with Gasteiger partial charge < -0.3 is 10.0 Å². The number of amides is 1. The average Bonchev–Trinajstić information content (AvgIpc) is 2.82. The highest BCUT2D eigenvalue weighted by molar-refractivity contribution is 7.99. The number of alkyl halides is 6. The fourth-order valence-corrected chi connectivity index (χ4v) is 5.54. The summed E-state index contributed by atoms with van der Waals surface area (Å²) in [5, 5.41) is 10.2. The molecular formula is C25H18ClF6NO2S. The van der Waals surface area contributed by atoms with Crippen LogP contribution in [-0.2, 0) is 16.8 Å². The summed E-state index contributed by atoms with van der Waals surface area (Å²) >= 11 is 7.35. The van der Waals surface area contributed by atoms with Gasteiger partial charge in [0.15, 0.2) is 0 Å². The third-order valence-electron chi connectivity index (χ3n) is 5.90. The Morgan fingerprint density at radius 1 is 0.944 bits per heavy atom. The molecule has 4 rings (SSSR count). The monoisotopic (exact) mass is 545 g/mol. The molecule has 36 heavy (non-hydrogen) atoms. The summed E-state index contributed by atoms with van der Waals surface area (Å²) in [7, 11) is 0. The Hall–Kier alpha value is -2.69. The average molecular weight is 546 g/mol. The van der Waals surface area contributed by atoms with E-state index in [-0.39, 0.29) is 22.8 Å². The Morgan fingerprint density at radius 3 is 2.17 bits per heavy atom. The molecule has 1 unspecified atom stereocenters. The lowest BCUT2D eigenvalue weighted by molar-refractivity contribution is -0.376. The highest BCUT2D eigenvalue weighted by atomic mass is 35.5. The van der Waals surface area contributed by atoms with Crippen LogP contribution < -0.4 is 4.90 Å². The fourth-order valence-electron chi connectivity index (χ4n) is 4.09. The van der Waals surface area contributed by atoms with Crippen LogP contribution in [0, 0.1) is 0 Å². The van der Waals surface area contributed by atoms with Crippen LogP contribution in [0.25, 0.3) is 0 Å². The third-order valence-corrected chi connectivity index (χ3v) is 7.36. The first-order valence-corrected chi connectivity index (χ1v) is 11.9. The molecule has 0 saturated heterocycles. The van der Waals surface area contributed by atoms with Crippen molar-refractivity contribution in [1.29, 1.82) is 0 Å². The number of carbonyl (C=O) groups is 1. The molecule has 1 N–H and O–H groups in total. The van der Waals surface area contributed by atoms with Gasteiger partial charge in [-0.2, -0.15) is 26.3 Å². The highest BCUT2D eigenvalue weighted by Crippen LogP contribution is 2.52. The van der Waals surface area contributed by atoms with Gasteiger partial charge in [0, 0.05) is 21.2 Å². The van der Waals surface area contributed by atoms with E-state index < -0.39 is 35.5 Å². The molecule has 190 valence electrons. The number of aliphatic hydroxyl groups is 1. The molecule has 0 radical (unpaired) electrons. The second-order valence-electron chi connectivity index (χ2n) is 8.16. The van der Waals surface area contributed by atoms with Gasteiger partial charge in [-0.05, 0) is 29.3 Å². The van der Waals surface area contributed by atoms with Crippen molar-refractivity contribution in [2.45, 2.75) is 35.3 Å². The first kappa shape index (κ1) is 26.4. The number of anilines is 1. The second-order valence-corrected chi connectivity index (χ2v) is 9.63. The molecule has 3 nitrogen and oxygen atoms in total. The molecule has 1 heterocycles. The van der Waals surface area contributed by atoms with Crippen LogP contribution in [0.5, 0.6) is 0 Å². The minimum Gasteiger partial charge on any atom is -0.369 e. The molecule has 0 bridgehead atoms. The SMILES string of the molecule is O=C(Cc1ccccc1)N1c2ccc(C(O)(C(F)(F)F)C(F)(F)F)cc2SCC1c1ccccc1Cl. The maximum Gasteiger partial charge on any atom is 0.430 e. The molecule has 0 fully saturated rings. The number of halogens is 7. The molecule has 1 amide bonds. The van der Waals surface area contributed by atoms with E-state index >= 15 is 0 Å². The maximum absolute atomic E-state index is 13.5. The normalized spacial score (nSPS) is 16.6. The largest absolute Gasteiger partial charge is 0.430 e. The van der Waals surface area contributed by atoms with Crippen molar-refractivity contribution >= 4 is 35.0 Å². The van der Waals surface area contributed by atoms with Gasteiger partial charge in [-0.3, -0.25) is 4.79 Å². The molecule has 3 aromatic rings. The minimum atomic E-state index is -6.01. The maximum atomic E-state index is 13.5. The van der Waals surface area contributed by atoms with Crippen molar-refractivity contribution < 1.29 is 36.2 Å². The van der Waals surface area contributed by atoms with Gasteiger partial charge in [0.1, 0.15) is 0 Å². The predicted octanol–water partition coefficient (Wildman–Crippen LogP) is 7.07. The van der Waals surface area contributed by atoms with Crippen molar-refractivity contribution in [3.8, 4) is 0 Å². The van der Waals surface area contributed by atoms with Crippen molar-refractivity contribution in [1.82, 2.24) is 0 Å². The van der Waals surface area contributed by atoms with E-state index in [9.17, 15) is 36.2 Å². The summed E-state index contributed by atoms with van der Waals surface area (Å²) < 4.78 is 80.6. The molecule has 0 spiro atoms. The number of nitrogens with zero attached hydrogens (tertiary/aromatic N) is 1. The Balaban J connectivity index is 1.82. The van der Waals surface area contributed by atoms with E-state index in [4.69, 9.17) is 11.6 Å². The molecule has 1 atom stereocenters. The summed E-state index contributed by atoms with van der Waals surface area (Å²) in [6, 6.07) is 17.1. The van der Waals surface area contributed by atoms with Crippen LogP contribution in [0.4, 0.5) is 32.0 Å². The topological polar surface area (TPSA) is 40.5 Å². The zero-order valence-corrected chi connectivity index (χ0v) is 19.8. The van der Waals surface area contributed by atoms with E-state index in [0.717, 1.165) is 17.8 Å². The molecular weight excluding hydrogens is 528 g/mol. The summed E-state index contributed by atoms with van der Waals surface area (Å²) in [5.41, 5.74) is -5.04. The molecule has 1 aliphatic heterocycles. The molecule has 0 aliphatic carbocycles. The Bertz CT molecular complexity index is 1250. The lowest BCUT2D eigenvalue weighted by Crippen LogP contribution is -2.54. The van der Waals surface area contributed by atoms with E-state index in [0.29, 0.717) is 28.3 Å². The molecule has 1 aliphatic rings. The van der Waals surface area contributed by atoms with E-state index in [1.165, 1.54) is 4.90 Å². The van der Waals surface area contributed by atoms with Crippen molar-refractivity contribution in [2.24, 2.45) is 0 Å². The minimum absolute atomic E-state index is 0.00383. The third kappa shape index (κ3) is 4.69. The summed E-state index contributed by atoms with van der Waals surface area (Å²) in [6.45, 7) is 0. The highest BCUT2D eigenvalue weighted by Gasteiger charge is 2.71. The van der Waals surface area contributed by atoms with Gasteiger partial charge in [-0.15, -0.1) is 11.8 Å². The van der Waals surface area contributed by atoms with Gasteiger partial charge in [-0.25, -0.2) is 0 Å². The van der Waals surface area contributed by atoms with E-state index in [2.05, 4.69) is 0 Å². The number of thioether (sulfide) groups is 1. The van der Waals surface area contributed by atoms with Crippen LogP contribution in [0.1, 0.15) is 22.7 Å². The van der Waals surface area contributed by atoms with Gasteiger partial charge >= 0.3 is 12.4 Å². The fraction of sp³-hybridized carbons (Fsp3) is 0.240. The summed E-state index contributed by atoms with van der Waals surface area (Å²) in [4.78, 5) is 14.8. The van der Waals surface area contributed by atoms with Crippen LogP contribution >= 0.6 is 23.4 Å². The van der Waals surface area contributed by atoms with Crippen LogP contribution in [-0.4, -0.2) is 29.1 Å². The zero-order valence-electron chi connectivity index (χ0n) is 18.3. The quantitative estimate of drug-likeness (QED) is 0.356. The molecule has 0 aromatic heterocycles. The van der Waals surface area contributed by atoms with Gasteiger partial charge in [-0.1, -0.05) is 66.2 Å². The molecule has 3 aromatic carbocycles. The van der Waals surface area contributed by atoms with Gasteiger partial charge in [0.2, 0.25) is 5.91 Å². The number of hydrogen-bond acceptors (Lipinski definition) is 3.